The van der Waals surface area contributed by atoms with E-state index in [2.05, 4.69) is 40.4 Å². The van der Waals surface area contributed by atoms with E-state index in [1.807, 2.05) is 6.07 Å². The van der Waals surface area contributed by atoms with Gasteiger partial charge in [0.25, 0.3) is 0 Å². The molecule has 1 aromatic carbocycles. The van der Waals surface area contributed by atoms with Gasteiger partial charge in [-0.2, -0.15) is 10.4 Å². The van der Waals surface area contributed by atoms with Gasteiger partial charge in [-0.15, -0.1) is 0 Å². The number of benzene rings is 1. The Labute approximate surface area is 178 Å². The fraction of sp³-hybridized carbons (Fsp3) is 0.520. The minimum Gasteiger partial charge on any atom is -0.353 e. The first-order valence-corrected chi connectivity index (χ1v) is 11.6. The molecule has 3 saturated carbocycles. The van der Waals surface area contributed by atoms with Crippen molar-refractivity contribution in [2.45, 2.75) is 70.3 Å². The van der Waals surface area contributed by atoms with Crippen LogP contribution in [-0.4, -0.2) is 21.6 Å². The normalized spacial score (nSPS) is 26.1. The Morgan fingerprint density at radius 2 is 2.27 bits per heavy atom. The zero-order valence-electron chi connectivity index (χ0n) is 17.7. The second kappa shape index (κ2) is 6.63. The van der Waals surface area contributed by atoms with Crippen molar-refractivity contribution in [2.24, 2.45) is 5.92 Å². The number of H-pyrrole nitrogens is 1. The third kappa shape index (κ3) is 2.77. The highest BCUT2D eigenvalue weighted by molar-refractivity contribution is 5.57. The lowest BCUT2D eigenvalue weighted by Crippen LogP contribution is -2.33. The van der Waals surface area contributed by atoms with Gasteiger partial charge in [-0.1, -0.05) is 19.4 Å². The maximum atomic E-state index is 9.52. The third-order valence-corrected chi connectivity index (χ3v) is 7.84. The number of nitrogens with zero attached hydrogens (tertiary/aromatic N) is 3. The lowest BCUT2D eigenvalue weighted by atomic mass is 9.92. The Bertz CT molecular complexity index is 1080. The van der Waals surface area contributed by atoms with Crippen molar-refractivity contribution < 1.29 is 0 Å². The number of nitriles is 1. The number of nitrogens with one attached hydrogen (secondary N) is 2. The highest BCUT2D eigenvalue weighted by Crippen LogP contribution is 2.64. The molecule has 2 heterocycles. The molecule has 0 amide bonds. The lowest BCUT2D eigenvalue weighted by molar-refractivity contribution is 0.320. The zero-order chi connectivity index (χ0) is 20.3. The molecule has 3 aliphatic carbocycles. The standard InChI is InChI=1S/C25H29N5/c1-2-16-7-8-20(12-18(16)14-26)27-24(17-5-6-17)30-11-9-22-21(15-30)23(29-28-22)25-10-3-4-19(25)13-25/h7-8,12,19,27H,2-6,9-11,13,15H2,1H3,(H,28,29). The summed E-state index contributed by atoms with van der Waals surface area (Å²) in [5.41, 5.74) is 9.01. The summed E-state index contributed by atoms with van der Waals surface area (Å²) in [5.74, 6) is 2.14. The van der Waals surface area contributed by atoms with E-state index in [-0.39, 0.29) is 0 Å². The van der Waals surface area contributed by atoms with E-state index >= 15 is 0 Å². The van der Waals surface area contributed by atoms with E-state index in [9.17, 15) is 5.26 Å². The summed E-state index contributed by atoms with van der Waals surface area (Å²) in [6, 6.07) is 8.57. The molecule has 2 N–H and O–H groups in total. The zero-order valence-corrected chi connectivity index (χ0v) is 17.7. The molecular formula is C25H29N5. The molecule has 6 rings (SSSR count). The van der Waals surface area contributed by atoms with Gasteiger partial charge in [-0.3, -0.25) is 5.10 Å². The van der Waals surface area contributed by atoms with Gasteiger partial charge in [0.2, 0.25) is 0 Å². The van der Waals surface area contributed by atoms with Crippen LogP contribution < -0.4 is 5.32 Å². The first-order chi connectivity index (χ1) is 14.7. The predicted molar refractivity (Wildman–Crippen MR) is 117 cm³/mol. The van der Waals surface area contributed by atoms with Crippen LogP contribution in [-0.2, 0) is 24.8 Å². The SMILES string of the molecule is CCc1ccc(NC(=C2CC2)N2CCc3[nH]nc(C45CCCC4C5)c3C2)cc1C#N. The fourth-order valence-electron chi connectivity index (χ4n) is 5.93. The Morgan fingerprint density at radius 1 is 1.37 bits per heavy atom. The summed E-state index contributed by atoms with van der Waals surface area (Å²) >= 11 is 0. The van der Waals surface area contributed by atoms with Crippen molar-refractivity contribution in [3.05, 3.63) is 57.7 Å². The van der Waals surface area contributed by atoms with Gasteiger partial charge >= 0.3 is 0 Å². The molecule has 30 heavy (non-hydrogen) atoms. The highest BCUT2D eigenvalue weighted by Gasteiger charge is 2.60. The van der Waals surface area contributed by atoms with E-state index in [1.165, 1.54) is 66.9 Å². The van der Waals surface area contributed by atoms with Gasteiger partial charge in [0.15, 0.2) is 0 Å². The predicted octanol–water partition coefficient (Wildman–Crippen LogP) is 4.76. The van der Waals surface area contributed by atoms with Crippen LogP contribution >= 0.6 is 0 Å². The Kier molecular flexibility index (Phi) is 3.99. The summed E-state index contributed by atoms with van der Waals surface area (Å²) in [5, 5.41) is 21.4. The van der Waals surface area contributed by atoms with Crippen molar-refractivity contribution in [2.75, 3.05) is 11.9 Å². The number of rotatable bonds is 5. The molecule has 1 aliphatic heterocycles. The van der Waals surface area contributed by atoms with E-state index in [0.29, 0.717) is 5.41 Å². The molecule has 0 saturated heterocycles. The Morgan fingerprint density at radius 3 is 2.97 bits per heavy atom. The number of fused-ring (bicyclic) bond motifs is 2. The van der Waals surface area contributed by atoms with Crippen LogP contribution in [0.25, 0.3) is 0 Å². The fourth-order valence-corrected chi connectivity index (χ4v) is 5.93. The van der Waals surface area contributed by atoms with Crippen molar-refractivity contribution in [3.8, 4) is 6.07 Å². The van der Waals surface area contributed by atoms with Gasteiger partial charge in [0.05, 0.1) is 17.3 Å². The van der Waals surface area contributed by atoms with Crippen molar-refractivity contribution >= 4 is 5.69 Å². The van der Waals surface area contributed by atoms with Crippen LogP contribution in [0, 0.1) is 17.2 Å². The maximum Gasteiger partial charge on any atom is 0.105 e. The molecule has 0 radical (unpaired) electrons. The summed E-state index contributed by atoms with van der Waals surface area (Å²) in [6.45, 7) is 4.05. The van der Waals surface area contributed by atoms with E-state index < -0.39 is 0 Å². The minimum absolute atomic E-state index is 0.394. The quantitative estimate of drug-likeness (QED) is 0.761. The Hall–Kier alpha value is -2.74. The third-order valence-electron chi connectivity index (χ3n) is 7.84. The molecule has 1 aromatic heterocycles. The monoisotopic (exact) mass is 399 g/mol. The molecule has 2 atom stereocenters. The summed E-state index contributed by atoms with van der Waals surface area (Å²) in [6.07, 6.45) is 9.68. The van der Waals surface area contributed by atoms with Crippen LogP contribution in [0.2, 0.25) is 0 Å². The molecule has 3 fully saturated rings. The highest BCUT2D eigenvalue weighted by atomic mass is 15.3. The number of aryl methyl sites for hydroxylation is 1. The molecular weight excluding hydrogens is 370 g/mol. The minimum atomic E-state index is 0.394. The molecule has 0 spiro atoms. The van der Waals surface area contributed by atoms with Crippen LogP contribution in [0.5, 0.6) is 0 Å². The molecule has 0 bridgehead atoms. The number of aromatic amines is 1. The Balaban J connectivity index is 1.28. The number of aromatic nitrogens is 2. The average Bonchev–Trinajstić information content (AvgIpc) is 3.67. The van der Waals surface area contributed by atoms with Crippen LogP contribution in [0.4, 0.5) is 5.69 Å². The van der Waals surface area contributed by atoms with E-state index in [4.69, 9.17) is 5.10 Å². The summed E-state index contributed by atoms with van der Waals surface area (Å²) in [4.78, 5) is 2.52. The molecule has 2 aromatic rings. The molecule has 4 aliphatic rings. The van der Waals surface area contributed by atoms with Crippen molar-refractivity contribution in [1.29, 1.82) is 5.26 Å². The molecule has 2 unspecified atom stereocenters. The van der Waals surface area contributed by atoms with Gasteiger partial charge < -0.3 is 10.2 Å². The summed E-state index contributed by atoms with van der Waals surface area (Å²) in [7, 11) is 0. The van der Waals surface area contributed by atoms with Crippen LogP contribution in [0.15, 0.2) is 29.6 Å². The summed E-state index contributed by atoms with van der Waals surface area (Å²) < 4.78 is 0. The van der Waals surface area contributed by atoms with Crippen molar-refractivity contribution in [3.63, 3.8) is 0 Å². The largest absolute Gasteiger partial charge is 0.353 e. The number of hydrogen-bond acceptors (Lipinski definition) is 4. The van der Waals surface area contributed by atoms with E-state index in [1.54, 1.807) is 0 Å². The topological polar surface area (TPSA) is 67.7 Å². The number of anilines is 1. The molecule has 5 heteroatoms. The first-order valence-electron chi connectivity index (χ1n) is 11.6. The van der Waals surface area contributed by atoms with Crippen molar-refractivity contribution in [1.82, 2.24) is 15.1 Å². The smallest absolute Gasteiger partial charge is 0.105 e. The molecule has 5 nitrogen and oxygen atoms in total. The molecule has 154 valence electrons. The number of allylic oxidation sites excluding steroid dienone is 1. The van der Waals surface area contributed by atoms with Gasteiger partial charge in [0, 0.05) is 41.9 Å². The first kappa shape index (κ1) is 18.1. The van der Waals surface area contributed by atoms with Gasteiger partial charge in [0.1, 0.15) is 5.82 Å². The van der Waals surface area contributed by atoms with Gasteiger partial charge in [-0.05, 0) is 67.7 Å². The van der Waals surface area contributed by atoms with Crippen LogP contribution in [0.3, 0.4) is 0 Å². The second-order valence-electron chi connectivity index (χ2n) is 9.56. The maximum absolute atomic E-state index is 9.52. The average molecular weight is 400 g/mol. The number of hydrogen-bond donors (Lipinski definition) is 2. The van der Waals surface area contributed by atoms with Gasteiger partial charge in [-0.25, -0.2) is 0 Å². The van der Waals surface area contributed by atoms with E-state index in [0.717, 1.165) is 48.7 Å². The lowest BCUT2D eigenvalue weighted by Gasteiger charge is -2.32. The van der Waals surface area contributed by atoms with Crippen LogP contribution in [0.1, 0.15) is 73.5 Å². The second-order valence-corrected chi connectivity index (χ2v) is 9.56.